The summed E-state index contributed by atoms with van der Waals surface area (Å²) < 4.78 is 41.4. The zero-order chi connectivity index (χ0) is 12.9. The number of rotatable bonds is 2. The average molecular weight is 242 g/mol. The van der Waals surface area contributed by atoms with Gasteiger partial charge in [0.2, 0.25) is 6.34 Å². The highest BCUT2D eigenvalue weighted by atomic mass is 19.5. The SMILES string of the molecule is CC(C)N1C=[N+](C(C)C)CC1.F[B-](F)(F)F. The molecule has 0 N–H and O–H groups in total. The first kappa shape index (κ1) is 15.3. The Kier molecular flexibility index (Phi) is 5.82. The minimum absolute atomic E-state index is 0.652. The van der Waals surface area contributed by atoms with E-state index in [1.807, 2.05) is 0 Å². The molecule has 0 aromatic rings. The van der Waals surface area contributed by atoms with Gasteiger partial charge in [-0.15, -0.1) is 0 Å². The molecule has 0 radical (unpaired) electrons. The third kappa shape index (κ3) is 7.53. The topological polar surface area (TPSA) is 6.25 Å². The number of hydrogen-bond donors (Lipinski definition) is 0. The molecule has 1 rings (SSSR count). The lowest BCUT2D eigenvalue weighted by atomic mass is 10.3. The van der Waals surface area contributed by atoms with Gasteiger partial charge in [-0.3, -0.25) is 9.48 Å². The van der Waals surface area contributed by atoms with Crippen LogP contribution >= 0.6 is 0 Å². The fourth-order valence-electron chi connectivity index (χ4n) is 1.32. The van der Waals surface area contributed by atoms with Crippen LogP contribution in [0.1, 0.15) is 27.7 Å². The lowest BCUT2D eigenvalue weighted by molar-refractivity contribution is -0.545. The van der Waals surface area contributed by atoms with Crippen LogP contribution < -0.4 is 0 Å². The minimum atomic E-state index is -6.00. The third-order valence-corrected chi connectivity index (χ3v) is 2.24. The van der Waals surface area contributed by atoms with Crippen LogP contribution in [-0.4, -0.2) is 48.2 Å². The van der Waals surface area contributed by atoms with E-state index >= 15 is 0 Å². The van der Waals surface area contributed by atoms with Crippen molar-refractivity contribution in [3.05, 3.63) is 0 Å². The molecule has 0 unspecified atom stereocenters. The Hall–Kier alpha value is -0.745. The van der Waals surface area contributed by atoms with Gasteiger partial charge < -0.3 is 17.3 Å². The highest BCUT2D eigenvalue weighted by molar-refractivity contribution is 6.50. The second-order valence-electron chi connectivity index (χ2n) is 4.27. The predicted octanol–water partition coefficient (Wildman–Crippen LogP) is 2.46. The Morgan fingerprint density at radius 2 is 1.56 bits per heavy atom. The predicted molar refractivity (Wildman–Crippen MR) is 58.4 cm³/mol. The summed E-state index contributed by atoms with van der Waals surface area (Å²) in [6.07, 6.45) is 2.26. The molecule has 0 aromatic heterocycles. The van der Waals surface area contributed by atoms with Crippen molar-refractivity contribution < 1.29 is 21.8 Å². The Morgan fingerprint density at radius 1 is 1.12 bits per heavy atom. The van der Waals surface area contributed by atoms with Gasteiger partial charge in [0.25, 0.3) is 0 Å². The van der Waals surface area contributed by atoms with Crippen LogP contribution in [-0.2, 0) is 0 Å². The van der Waals surface area contributed by atoms with E-state index in [4.69, 9.17) is 0 Å². The lowest BCUT2D eigenvalue weighted by Crippen LogP contribution is -2.27. The van der Waals surface area contributed by atoms with Crippen molar-refractivity contribution in [3.63, 3.8) is 0 Å². The maximum absolute atomic E-state index is 9.75. The van der Waals surface area contributed by atoms with Crippen LogP contribution in [0.4, 0.5) is 17.3 Å². The second kappa shape index (κ2) is 6.10. The van der Waals surface area contributed by atoms with Crippen LogP contribution in [0.3, 0.4) is 0 Å². The van der Waals surface area contributed by atoms with E-state index in [1.165, 1.54) is 13.1 Å². The third-order valence-electron chi connectivity index (χ3n) is 2.24. The number of halogens is 4. The van der Waals surface area contributed by atoms with Crippen molar-refractivity contribution in [3.8, 4) is 0 Å². The lowest BCUT2D eigenvalue weighted by Gasteiger charge is -2.09. The van der Waals surface area contributed by atoms with Gasteiger partial charge in [-0.25, -0.2) is 0 Å². The molecule has 16 heavy (non-hydrogen) atoms. The molecular weight excluding hydrogens is 223 g/mol. The Balaban J connectivity index is 0.000000385. The van der Waals surface area contributed by atoms with E-state index in [0.717, 1.165) is 0 Å². The van der Waals surface area contributed by atoms with Crippen LogP contribution in [0.5, 0.6) is 0 Å². The van der Waals surface area contributed by atoms with Crippen molar-refractivity contribution >= 4 is 13.6 Å². The summed E-state index contributed by atoms with van der Waals surface area (Å²) in [6.45, 7) is 11.3. The molecule has 0 fully saturated rings. The normalized spacial score (nSPS) is 16.4. The van der Waals surface area contributed by atoms with E-state index in [9.17, 15) is 17.3 Å². The van der Waals surface area contributed by atoms with Crippen LogP contribution in [0.2, 0.25) is 0 Å². The quantitative estimate of drug-likeness (QED) is 0.409. The molecule has 1 heterocycles. The second-order valence-corrected chi connectivity index (χ2v) is 4.27. The molecule has 0 aromatic carbocycles. The average Bonchev–Trinajstić information content (AvgIpc) is 2.47. The first-order valence-electron chi connectivity index (χ1n) is 5.35. The van der Waals surface area contributed by atoms with E-state index in [-0.39, 0.29) is 0 Å². The van der Waals surface area contributed by atoms with Gasteiger partial charge in [0.15, 0.2) is 0 Å². The highest BCUT2D eigenvalue weighted by Gasteiger charge is 2.22. The Bertz CT molecular complexity index is 232. The maximum atomic E-state index is 9.75. The molecule has 0 aliphatic carbocycles. The smallest absolute Gasteiger partial charge is 0.418 e. The first-order chi connectivity index (χ1) is 7.11. The number of hydrogen-bond acceptors (Lipinski definition) is 1. The number of nitrogens with zero attached hydrogens (tertiary/aromatic N) is 2. The minimum Gasteiger partial charge on any atom is -0.418 e. The Labute approximate surface area is 94.0 Å². The van der Waals surface area contributed by atoms with Gasteiger partial charge >= 0.3 is 7.25 Å². The largest absolute Gasteiger partial charge is 0.673 e. The van der Waals surface area contributed by atoms with Crippen LogP contribution in [0.25, 0.3) is 0 Å². The summed E-state index contributed by atoms with van der Waals surface area (Å²) in [5.41, 5.74) is 0. The molecule has 7 heteroatoms. The summed E-state index contributed by atoms with van der Waals surface area (Å²) in [6, 6.07) is 1.30. The zero-order valence-electron chi connectivity index (χ0n) is 10.1. The van der Waals surface area contributed by atoms with Crippen molar-refractivity contribution in [1.82, 2.24) is 4.90 Å². The van der Waals surface area contributed by atoms with E-state index < -0.39 is 7.25 Å². The molecule has 0 spiro atoms. The van der Waals surface area contributed by atoms with Gasteiger partial charge in [-0.2, -0.15) is 0 Å². The van der Waals surface area contributed by atoms with Crippen molar-refractivity contribution in [2.24, 2.45) is 0 Å². The summed E-state index contributed by atoms with van der Waals surface area (Å²) in [4.78, 5) is 2.39. The standard InChI is InChI=1S/C9H19N2.BF4/c1-8(2)10-5-6-11(7-10)9(3)4;2-1(3,4)5/h7-9H,5-6H2,1-4H3;/q+1;-1. The van der Waals surface area contributed by atoms with Gasteiger partial charge in [-0.05, 0) is 27.7 Å². The van der Waals surface area contributed by atoms with Crippen LogP contribution in [0.15, 0.2) is 0 Å². The van der Waals surface area contributed by atoms with Gasteiger partial charge in [0.1, 0.15) is 13.1 Å². The van der Waals surface area contributed by atoms with Crippen molar-refractivity contribution in [2.75, 3.05) is 13.1 Å². The van der Waals surface area contributed by atoms with E-state index in [1.54, 1.807) is 0 Å². The highest BCUT2D eigenvalue weighted by Crippen LogP contribution is 2.06. The molecule has 1 aliphatic rings. The summed E-state index contributed by atoms with van der Waals surface area (Å²) in [5.74, 6) is 0. The van der Waals surface area contributed by atoms with Gasteiger partial charge in [0.05, 0.1) is 12.1 Å². The van der Waals surface area contributed by atoms with Gasteiger partial charge in [-0.1, -0.05) is 0 Å². The summed E-state index contributed by atoms with van der Waals surface area (Å²) in [5, 5.41) is 0. The molecule has 0 atom stereocenters. The molecule has 0 saturated heterocycles. The maximum Gasteiger partial charge on any atom is 0.673 e. The van der Waals surface area contributed by atoms with Crippen LogP contribution in [0, 0.1) is 0 Å². The summed E-state index contributed by atoms with van der Waals surface area (Å²) >= 11 is 0. The fourth-order valence-corrected chi connectivity index (χ4v) is 1.32. The zero-order valence-corrected chi connectivity index (χ0v) is 10.1. The molecule has 1 aliphatic heterocycles. The Morgan fingerprint density at radius 3 is 1.75 bits per heavy atom. The molecule has 0 amide bonds. The molecule has 0 bridgehead atoms. The molecule has 0 saturated carbocycles. The van der Waals surface area contributed by atoms with Crippen molar-refractivity contribution in [2.45, 2.75) is 39.8 Å². The molecule has 2 nitrogen and oxygen atoms in total. The monoisotopic (exact) mass is 242 g/mol. The summed E-state index contributed by atoms with van der Waals surface area (Å²) in [7, 11) is -6.00. The first-order valence-corrected chi connectivity index (χ1v) is 5.35. The van der Waals surface area contributed by atoms with Crippen molar-refractivity contribution in [1.29, 1.82) is 0 Å². The molecule has 96 valence electrons. The van der Waals surface area contributed by atoms with Gasteiger partial charge in [0, 0.05) is 0 Å². The van der Waals surface area contributed by atoms with E-state index in [2.05, 4.69) is 43.5 Å². The molecular formula is C9H19BF4N2. The van der Waals surface area contributed by atoms with E-state index in [0.29, 0.717) is 12.1 Å². The fraction of sp³-hybridized carbons (Fsp3) is 0.889.